The van der Waals surface area contributed by atoms with Crippen molar-refractivity contribution < 1.29 is 5.11 Å². The van der Waals surface area contributed by atoms with Crippen LogP contribution >= 0.6 is 15.9 Å². The molecule has 19 heavy (non-hydrogen) atoms. The van der Waals surface area contributed by atoms with Crippen molar-refractivity contribution in [3.8, 4) is 11.1 Å². The third-order valence-corrected chi connectivity index (χ3v) is 3.56. The number of hydrogen-bond donors (Lipinski definition) is 1. The van der Waals surface area contributed by atoms with Gasteiger partial charge < -0.3 is 5.11 Å². The lowest BCUT2D eigenvalue weighted by Crippen LogP contribution is -1.93. The minimum atomic E-state index is 0.175. The number of hydrogen-bond acceptors (Lipinski definition) is 3. The molecule has 3 aromatic rings. The number of benzene rings is 1. The lowest BCUT2D eigenvalue weighted by atomic mass is 10.1. The zero-order chi connectivity index (χ0) is 13.2. The van der Waals surface area contributed by atoms with Crippen molar-refractivity contribution in [3.63, 3.8) is 0 Å². The highest BCUT2D eigenvalue weighted by Crippen LogP contribution is 2.22. The Kier molecular flexibility index (Phi) is 3.31. The summed E-state index contributed by atoms with van der Waals surface area (Å²) in [5.41, 5.74) is 4.03. The second-order valence-electron chi connectivity index (χ2n) is 4.27. The van der Waals surface area contributed by atoms with Crippen LogP contribution < -0.4 is 0 Å². The molecule has 2 aromatic heterocycles. The van der Waals surface area contributed by atoms with E-state index in [-0.39, 0.29) is 6.61 Å². The van der Waals surface area contributed by atoms with Crippen molar-refractivity contribution in [2.24, 2.45) is 0 Å². The maximum Gasteiger partial charge on any atom is 0.169 e. The molecule has 0 atom stereocenters. The van der Waals surface area contributed by atoms with E-state index in [1.807, 2.05) is 36.7 Å². The lowest BCUT2D eigenvalue weighted by molar-refractivity contribution is 0.299. The third-order valence-electron chi connectivity index (χ3n) is 3.00. The van der Waals surface area contributed by atoms with Crippen molar-refractivity contribution in [2.45, 2.75) is 6.42 Å². The highest BCUT2D eigenvalue weighted by molar-refractivity contribution is 9.10. The van der Waals surface area contributed by atoms with E-state index in [4.69, 9.17) is 5.11 Å². The van der Waals surface area contributed by atoms with Crippen molar-refractivity contribution in [3.05, 3.63) is 52.9 Å². The van der Waals surface area contributed by atoms with Crippen molar-refractivity contribution in [1.29, 1.82) is 0 Å². The van der Waals surface area contributed by atoms with E-state index in [0.29, 0.717) is 6.42 Å². The molecule has 0 aliphatic heterocycles. The molecule has 5 heteroatoms. The second kappa shape index (κ2) is 5.11. The summed E-state index contributed by atoms with van der Waals surface area (Å²) in [6.45, 7) is 0.175. The lowest BCUT2D eigenvalue weighted by Gasteiger charge is -2.04. The summed E-state index contributed by atoms with van der Waals surface area (Å²) in [7, 11) is 0. The molecule has 3 rings (SSSR count). The fraction of sp³-hybridized carbons (Fsp3) is 0.143. The molecule has 96 valence electrons. The Morgan fingerprint density at radius 2 is 1.89 bits per heavy atom. The number of nitrogens with zero attached hydrogens (tertiary/aromatic N) is 3. The molecule has 1 N–H and O–H groups in total. The first-order chi connectivity index (χ1) is 9.28. The summed E-state index contributed by atoms with van der Waals surface area (Å²) in [4.78, 5) is 4.39. The van der Waals surface area contributed by atoms with Gasteiger partial charge in [-0.3, -0.25) is 0 Å². The Hall–Kier alpha value is -1.72. The molecule has 2 heterocycles. The van der Waals surface area contributed by atoms with E-state index in [0.717, 1.165) is 26.8 Å². The number of aliphatic hydroxyl groups excluding tert-OH is 1. The van der Waals surface area contributed by atoms with Gasteiger partial charge in [0.05, 0.1) is 10.7 Å². The fourth-order valence-electron chi connectivity index (χ4n) is 1.99. The number of fused-ring (bicyclic) bond motifs is 1. The number of rotatable bonds is 3. The average Bonchev–Trinajstić information content (AvgIpc) is 2.81. The predicted molar refractivity (Wildman–Crippen MR) is 76.9 cm³/mol. The Bertz CT molecular complexity index is 706. The molecular formula is C14H12BrN3O. The van der Waals surface area contributed by atoms with Gasteiger partial charge in [-0.25, -0.2) is 9.50 Å². The maximum absolute atomic E-state index is 8.90. The number of aromatic nitrogens is 3. The average molecular weight is 318 g/mol. The number of halogens is 1. The van der Waals surface area contributed by atoms with Gasteiger partial charge in [0.1, 0.15) is 0 Å². The molecule has 0 aliphatic carbocycles. The maximum atomic E-state index is 8.90. The van der Waals surface area contributed by atoms with Gasteiger partial charge in [0, 0.05) is 24.6 Å². The normalized spacial score (nSPS) is 11.1. The van der Waals surface area contributed by atoms with E-state index < -0.39 is 0 Å². The van der Waals surface area contributed by atoms with Gasteiger partial charge in [-0.2, -0.15) is 5.10 Å². The van der Waals surface area contributed by atoms with Crippen LogP contribution in [0.4, 0.5) is 0 Å². The standard InChI is InChI=1S/C14H12BrN3O/c15-13-8-17-18-9-12(7-16-14(13)18)11-3-1-10(2-4-11)5-6-19/h1-4,7-9,19H,5-6H2. The third kappa shape index (κ3) is 2.39. The van der Waals surface area contributed by atoms with Crippen LogP contribution in [-0.2, 0) is 6.42 Å². The molecular weight excluding hydrogens is 306 g/mol. The van der Waals surface area contributed by atoms with E-state index in [2.05, 4.69) is 26.0 Å². The summed E-state index contributed by atoms with van der Waals surface area (Å²) < 4.78 is 2.64. The Labute approximate surface area is 118 Å². The smallest absolute Gasteiger partial charge is 0.169 e. The fourth-order valence-corrected chi connectivity index (χ4v) is 2.36. The van der Waals surface area contributed by atoms with Crippen molar-refractivity contribution >= 4 is 21.6 Å². The van der Waals surface area contributed by atoms with Crippen LogP contribution in [0.2, 0.25) is 0 Å². The van der Waals surface area contributed by atoms with Gasteiger partial charge in [0.15, 0.2) is 5.65 Å². The minimum absolute atomic E-state index is 0.175. The van der Waals surface area contributed by atoms with E-state index in [1.165, 1.54) is 0 Å². The van der Waals surface area contributed by atoms with Crippen molar-refractivity contribution in [2.75, 3.05) is 6.61 Å². The molecule has 4 nitrogen and oxygen atoms in total. The molecule has 0 amide bonds. The quantitative estimate of drug-likeness (QED) is 0.808. The topological polar surface area (TPSA) is 50.4 Å². The molecule has 0 unspecified atom stereocenters. The summed E-state index contributed by atoms with van der Waals surface area (Å²) in [5, 5.41) is 13.1. The summed E-state index contributed by atoms with van der Waals surface area (Å²) in [5.74, 6) is 0. The van der Waals surface area contributed by atoms with E-state index in [9.17, 15) is 0 Å². The van der Waals surface area contributed by atoms with Gasteiger partial charge >= 0.3 is 0 Å². The Morgan fingerprint density at radius 1 is 1.11 bits per heavy atom. The summed E-state index contributed by atoms with van der Waals surface area (Å²) in [6, 6.07) is 8.11. The molecule has 0 radical (unpaired) electrons. The first-order valence-corrected chi connectivity index (χ1v) is 6.76. The monoisotopic (exact) mass is 317 g/mol. The second-order valence-corrected chi connectivity index (χ2v) is 5.13. The van der Waals surface area contributed by atoms with Gasteiger partial charge in [0.2, 0.25) is 0 Å². The van der Waals surface area contributed by atoms with Crippen LogP contribution in [-0.4, -0.2) is 26.3 Å². The zero-order valence-corrected chi connectivity index (χ0v) is 11.7. The molecule has 0 aliphatic rings. The molecule has 0 saturated heterocycles. The summed E-state index contributed by atoms with van der Waals surface area (Å²) in [6.07, 6.45) is 6.21. The van der Waals surface area contributed by atoms with Gasteiger partial charge in [-0.15, -0.1) is 0 Å². The van der Waals surface area contributed by atoms with Gasteiger partial charge in [-0.05, 0) is 33.5 Å². The van der Waals surface area contributed by atoms with Crippen LogP contribution in [0.1, 0.15) is 5.56 Å². The molecule has 1 aromatic carbocycles. The molecule has 0 bridgehead atoms. The van der Waals surface area contributed by atoms with Crippen molar-refractivity contribution in [1.82, 2.24) is 14.6 Å². The van der Waals surface area contributed by atoms with Crippen LogP contribution in [0.25, 0.3) is 16.8 Å². The van der Waals surface area contributed by atoms with Crippen LogP contribution in [0.15, 0.2) is 47.3 Å². The molecule has 0 saturated carbocycles. The largest absolute Gasteiger partial charge is 0.396 e. The Morgan fingerprint density at radius 3 is 2.63 bits per heavy atom. The van der Waals surface area contributed by atoms with Gasteiger partial charge in [0.25, 0.3) is 0 Å². The SMILES string of the molecule is OCCc1ccc(-c2cnc3c(Br)cnn3c2)cc1. The van der Waals surface area contributed by atoms with E-state index >= 15 is 0 Å². The number of aliphatic hydroxyl groups is 1. The van der Waals surface area contributed by atoms with Crippen LogP contribution in [0, 0.1) is 0 Å². The molecule has 0 spiro atoms. The first kappa shape index (κ1) is 12.3. The van der Waals surface area contributed by atoms with Crippen LogP contribution in [0.3, 0.4) is 0 Å². The zero-order valence-electron chi connectivity index (χ0n) is 10.1. The highest BCUT2D eigenvalue weighted by Gasteiger charge is 2.05. The first-order valence-electron chi connectivity index (χ1n) is 5.97. The predicted octanol–water partition coefficient (Wildman–Crippen LogP) is 2.69. The summed E-state index contributed by atoms with van der Waals surface area (Å²) >= 11 is 3.40. The highest BCUT2D eigenvalue weighted by atomic mass is 79.9. The Balaban J connectivity index is 1.98. The minimum Gasteiger partial charge on any atom is -0.396 e. The van der Waals surface area contributed by atoms with Crippen LogP contribution in [0.5, 0.6) is 0 Å². The van der Waals surface area contributed by atoms with Gasteiger partial charge in [-0.1, -0.05) is 24.3 Å². The molecule has 0 fully saturated rings. The van der Waals surface area contributed by atoms with E-state index in [1.54, 1.807) is 10.7 Å².